The van der Waals surface area contributed by atoms with Crippen LogP contribution in [0.3, 0.4) is 0 Å². The van der Waals surface area contributed by atoms with Gasteiger partial charge in [-0.25, -0.2) is 4.39 Å². The average Bonchev–Trinajstić information content (AvgIpc) is 2.71. The first-order valence-corrected chi connectivity index (χ1v) is 6.98. The maximum absolute atomic E-state index is 13.5. The van der Waals surface area contributed by atoms with E-state index in [4.69, 9.17) is 0 Å². The van der Waals surface area contributed by atoms with Gasteiger partial charge >= 0.3 is 0 Å². The Kier molecular flexibility index (Phi) is 3.27. The third kappa shape index (κ3) is 2.09. The zero-order valence-corrected chi connectivity index (χ0v) is 11.8. The molecule has 1 aliphatic carbocycles. The van der Waals surface area contributed by atoms with E-state index in [1.54, 1.807) is 12.1 Å². The molecular weight excluding hydrogens is 247 g/mol. The summed E-state index contributed by atoms with van der Waals surface area (Å²) in [6.07, 6.45) is 3.11. The molecule has 0 atom stereocenters. The normalized spacial score (nSPS) is 15.8. The van der Waals surface area contributed by atoms with Crippen molar-refractivity contribution in [3.8, 4) is 0 Å². The Morgan fingerprint density at radius 1 is 1.00 bits per heavy atom. The smallest absolute Gasteiger partial charge is 0.123 e. The lowest BCUT2D eigenvalue weighted by atomic mass is 10.0. The number of halogens is 1. The van der Waals surface area contributed by atoms with Crippen molar-refractivity contribution >= 4 is 17.2 Å². The van der Waals surface area contributed by atoms with Crippen molar-refractivity contribution in [2.24, 2.45) is 0 Å². The molecule has 100 valence electrons. The number of fused-ring (bicyclic) bond motifs is 1. The highest BCUT2D eigenvalue weighted by Crippen LogP contribution is 2.43. The summed E-state index contributed by atoms with van der Waals surface area (Å²) in [5.74, 6) is -0.163. The van der Waals surface area contributed by atoms with E-state index in [0.29, 0.717) is 0 Å². The van der Waals surface area contributed by atoms with Gasteiger partial charge in [0.15, 0.2) is 0 Å². The third-order valence-corrected chi connectivity index (χ3v) is 3.92. The quantitative estimate of drug-likeness (QED) is 0.665. The Bertz CT molecular complexity index is 706. The van der Waals surface area contributed by atoms with Gasteiger partial charge in [0, 0.05) is 0 Å². The van der Waals surface area contributed by atoms with Crippen LogP contribution in [-0.4, -0.2) is 0 Å². The molecule has 0 bridgehead atoms. The highest BCUT2D eigenvalue weighted by Gasteiger charge is 2.22. The average molecular weight is 264 g/mol. The van der Waals surface area contributed by atoms with Crippen LogP contribution in [0.15, 0.2) is 54.1 Å². The fraction of sp³-hybridized carbons (Fsp3) is 0.158. The van der Waals surface area contributed by atoms with Crippen molar-refractivity contribution < 1.29 is 4.39 Å². The van der Waals surface area contributed by atoms with E-state index in [2.05, 4.69) is 32.1 Å². The molecule has 0 aromatic heterocycles. The van der Waals surface area contributed by atoms with E-state index < -0.39 is 0 Å². The van der Waals surface area contributed by atoms with Crippen LogP contribution in [0.2, 0.25) is 0 Å². The lowest BCUT2D eigenvalue weighted by Gasteiger charge is -2.04. The number of allylic oxidation sites excluding steroid dienone is 3. The molecule has 2 aromatic carbocycles. The number of hydrogen-bond donors (Lipinski definition) is 0. The molecule has 1 heteroatoms. The predicted molar refractivity (Wildman–Crippen MR) is 83.6 cm³/mol. The summed E-state index contributed by atoms with van der Waals surface area (Å²) < 4.78 is 13.5. The zero-order chi connectivity index (χ0) is 14.1. The van der Waals surface area contributed by atoms with Gasteiger partial charge in [0.05, 0.1) is 0 Å². The fourth-order valence-corrected chi connectivity index (χ4v) is 2.93. The van der Waals surface area contributed by atoms with E-state index in [0.717, 1.165) is 17.5 Å². The van der Waals surface area contributed by atoms with E-state index in [1.807, 2.05) is 24.3 Å². The first kappa shape index (κ1) is 12.9. The van der Waals surface area contributed by atoms with Crippen molar-refractivity contribution in [1.82, 2.24) is 0 Å². The van der Waals surface area contributed by atoms with E-state index >= 15 is 0 Å². The summed E-state index contributed by atoms with van der Waals surface area (Å²) in [4.78, 5) is 0. The molecule has 0 amide bonds. The molecule has 0 saturated heterocycles. The molecule has 0 unspecified atom stereocenters. The molecule has 20 heavy (non-hydrogen) atoms. The van der Waals surface area contributed by atoms with Crippen molar-refractivity contribution in [3.05, 3.63) is 76.6 Å². The van der Waals surface area contributed by atoms with Gasteiger partial charge in [0.1, 0.15) is 5.82 Å². The van der Waals surface area contributed by atoms with Gasteiger partial charge in [-0.05, 0) is 65.0 Å². The minimum atomic E-state index is -0.163. The molecule has 0 heterocycles. The lowest BCUT2D eigenvalue weighted by molar-refractivity contribution is 0.627. The van der Waals surface area contributed by atoms with Crippen molar-refractivity contribution in [2.45, 2.75) is 20.3 Å². The third-order valence-electron chi connectivity index (χ3n) is 3.92. The molecule has 0 fully saturated rings. The largest absolute Gasteiger partial charge is 0.207 e. The van der Waals surface area contributed by atoms with Gasteiger partial charge in [-0.1, -0.05) is 43.3 Å². The summed E-state index contributed by atoms with van der Waals surface area (Å²) in [5.41, 5.74) is 7.09. The summed E-state index contributed by atoms with van der Waals surface area (Å²) in [6.45, 7) is 4.25. The Hall–Kier alpha value is -2.15. The van der Waals surface area contributed by atoms with Crippen LogP contribution >= 0.6 is 0 Å². The van der Waals surface area contributed by atoms with Crippen LogP contribution < -0.4 is 0 Å². The van der Waals surface area contributed by atoms with Crippen molar-refractivity contribution in [2.75, 3.05) is 0 Å². The van der Waals surface area contributed by atoms with Gasteiger partial charge in [0.2, 0.25) is 0 Å². The Morgan fingerprint density at radius 2 is 1.75 bits per heavy atom. The predicted octanol–water partition coefficient (Wildman–Crippen LogP) is 5.56. The minimum Gasteiger partial charge on any atom is -0.207 e. The number of hydrogen-bond acceptors (Lipinski definition) is 0. The van der Waals surface area contributed by atoms with Gasteiger partial charge in [-0.3, -0.25) is 0 Å². The van der Waals surface area contributed by atoms with Crippen molar-refractivity contribution in [1.29, 1.82) is 0 Å². The summed E-state index contributed by atoms with van der Waals surface area (Å²) in [7, 11) is 0. The van der Waals surface area contributed by atoms with Crippen molar-refractivity contribution in [3.63, 3.8) is 0 Å². The molecule has 0 radical (unpaired) electrons. The first-order valence-electron chi connectivity index (χ1n) is 6.98. The standard InChI is InChI=1S/C19H17F/c1-3-16-13(2)18(11-14-7-5-4-6-8-14)17-10-9-15(20)12-19(16)17/h4-12H,3H2,1-2H3/b18-11-. The van der Waals surface area contributed by atoms with E-state index in [-0.39, 0.29) is 5.82 Å². The van der Waals surface area contributed by atoms with Gasteiger partial charge < -0.3 is 0 Å². The SMILES string of the molecule is CCC1=C(C)/C(=C/c2ccccc2)c2ccc(F)cc21. The molecule has 0 nitrogen and oxygen atoms in total. The lowest BCUT2D eigenvalue weighted by Crippen LogP contribution is -1.86. The van der Waals surface area contributed by atoms with Gasteiger partial charge in [0.25, 0.3) is 0 Å². The van der Waals surface area contributed by atoms with E-state index in [1.165, 1.54) is 22.3 Å². The fourth-order valence-electron chi connectivity index (χ4n) is 2.93. The van der Waals surface area contributed by atoms with Crippen LogP contribution in [0.4, 0.5) is 4.39 Å². The number of benzene rings is 2. The number of rotatable bonds is 2. The highest BCUT2D eigenvalue weighted by atomic mass is 19.1. The molecular formula is C19H17F. The molecule has 0 N–H and O–H groups in total. The summed E-state index contributed by atoms with van der Waals surface area (Å²) in [6, 6.07) is 15.4. The molecule has 0 spiro atoms. The maximum atomic E-state index is 13.5. The second kappa shape index (κ2) is 5.09. The molecule has 3 rings (SSSR count). The second-order valence-electron chi connectivity index (χ2n) is 5.12. The molecule has 0 saturated carbocycles. The summed E-state index contributed by atoms with van der Waals surface area (Å²) >= 11 is 0. The molecule has 2 aromatic rings. The van der Waals surface area contributed by atoms with Crippen LogP contribution in [0, 0.1) is 5.82 Å². The first-order chi connectivity index (χ1) is 9.70. The molecule has 1 aliphatic rings. The topological polar surface area (TPSA) is 0 Å². The maximum Gasteiger partial charge on any atom is 0.123 e. The second-order valence-corrected chi connectivity index (χ2v) is 5.12. The Balaban J connectivity index is 2.19. The van der Waals surface area contributed by atoms with Crippen LogP contribution in [-0.2, 0) is 0 Å². The van der Waals surface area contributed by atoms with Gasteiger partial charge in [-0.2, -0.15) is 0 Å². The van der Waals surface area contributed by atoms with Crippen LogP contribution in [0.25, 0.3) is 17.2 Å². The zero-order valence-electron chi connectivity index (χ0n) is 11.8. The Labute approximate surface area is 119 Å². The van der Waals surface area contributed by atoms with E-state index in [9.17, 15) is 4.39 Å². The van der Waals surface area contributed by atoms with Crippen LogP contribution in [0.1, 0.15) is 37.0 Å². The summed E-state index contributed by atoms with van der Waals surface area (Å²) in [5, 5.41) is 0. The Morgan fingerprint density at radius 3 is 2.45 bits per heavy atom. The monoisotopic (exact) mass is 264 g/mol. The van der Waals surface area contributed by atoms with Gasteiger partial charge in [-0.15, -0.1) is 0 Å². The molecule has 0 aliphatic heterocycles. The minimum absolute atomic E-state index is 0.163. The highest BCUT2D eigenvalue weighted by molar-refractivity contribution is 6.05. The van der Waals surface area contributed by atoms with Crippen LogP contribution in [0.5, 0.6) is 0 Å².